The molecule has 0 atom stereocenters. The quantitative estimate of drug-likeness (QED) is 0.588. The monoisotopic (exact) mass is 287 g/mol. The fraction of sp³-hybridized carbons (Fsp3) is 0.0769. The summed E-state index contributed by atoms with van der Waals surface area (Å²) in [6.07, 6.45) is 3.24. The molecule has 0 saturated carbocycles. The molecule has 0 aliphatic carbocycles. The lowest BCUT2D eigenvalue weighted by Gasteiger charge is -1.95. The number of hydrogen-bond acceptors (Lipinski definition) is 6. The number of pyridine rings is 1. The number of rotatable bonds is 3. The summed E-state index contributed by atoms with van der Waals surface area (Å²) >= 11 is 1.11. The van der Waals surface area contributed by atoms with E-state index in [0.717, 1.165) is 16.7 Å². The number of nitrogens with one attached hydrogen (secondary N) is 1. The Morgan fingerprint density at radius 1 is 1.40 bits per heavy atom. The molecule has 0 radical (unpaired) electrons. The molecule has 0 aliphatic rings. The van der Waals surface area contributed by atoms with E-state index in [2.05, 4.69) is 19.7 Å². The van der Waals surface area contributed by atoms with Gasteiger partial charge in [-0.1, -0.05) is 0 Å². The van der Waals surface area contributed by atoms with Crippen LogP contribution in [0.4, 0.5) is 0 Å². The summed E-state index contributed by atoms with van der Waals surface area (Å²) in [6, 6.07) is 3.57. The van der Waals surface area contributed by atoms with Crippen LogP contribution in [0.3, 0.4) is 0 Å². The molecule has 1 N–H and O–H groups in total. The van der Waals surface area contributed by atoms with Crippen molar-refractivity contribution >= 4 is 34.1 Å². The van der Waals surface area contributed by atoms with Gasteiger partial charge in [0.1, 0.15) is 5.65 Å². The Hall–Kier alpha value is -2.54. The van der Waals surface area contributed by atoms with Crippen LogP contribution in [0.1, 0.15) is 25.9 Å². The Morgan fingerprint density at radius 2 is 2.25 bits per heavy atom. The van der Waals surface area contributed by atoms with E-state index in [1.807, 2.05) is 0 Å². The second-order valence-corrected chi connectivity index (χ2v) is 4.82. The molecule has 20 heavy (non-hydrogen) atoms. The zero-order valence-corrected chi connectivity index (χ0v) is 11.2. The highest BCUT2D eigenvalue weighted by molar-refractivity contribution is 7.12. The lowest BCUT2D eigenvalue weighted by Crippen LogP contribution is -2.04. The van der Waals surface area contributed by atoms with Crippen molar-refractivity contribution in [2.75, 3.05) is 7.11 Å². The zero-order valence-electron chi connectivity index (χ0n) is 10.4. The molecular formula is C13H9N3O3S. The second-order valence-electron chi connectivity index (χ2n) is 3.96. The Morgan fingerprint density at radius 3 is 3.05 bits per heavy atom. The van der Waals surface area contributed by atoms with Gasteiger partial charge in [-0.25, -0.2) is 14.8 Å². The molecule has 3 aromatic heterocycles. The predicted molar refractivity (Wildman–Crippen MR) is 73.0 cm³/mol. The molecule has 100 valence electrons. The highest BCUT2D eigenvalue weighted by Gasteiger charge is 2.20. The molecule has 3 aromatic rings. The molecule has 0 spiro atoms. The third-order valence-corrected chi connectivity index (χ3v) is 3.63. The third kappa shape index (κ3) is 1.97. The van der Waals surface area contributed by atoms with Crippen LogP contribution in [0.15, 0.2) is 29.9 Å². The van der Waals surface area contributed by atoms with Crippen molar-refractivity contribution in [1.82, 2.24) is 15.0 Å². The van der Waals surface area contributed by atoms with Crippen LogP contribution in [0.2, 0.25) is 0 Å². The SMILES string of the molecule is COC(=O)c1csc(C(=O)c2c[nH]c3ncccc23)n1. The van der Waals surface area contributed by atoms with Gasteiger partial charge in [-0.15, -0.1) is 11.3 Å². The lowest BCUT2D eigenvalue weighted by atomic mass is 10.1. The molecule has 0 amide bonds. The minimum Gasteiger partial charge on any atom is -0.464 e. The molecule has 3 heterocycles. The number of H-pyrrole nitrogens is 1. The van der Waals surface area contributed by atoms with Gasteiger partial charge < -0.3 is 9.72 Å². The van der Waals surface area contributed by atoms with Crippen LogP contribution in [0, 0.1) is 0 Å². The number of aromatic nitrogens is 3. The Balaban J connectivity index is 2.00. The Kier molecular flexibility index (Phi) is 3.03. The molecular weight excluding hydrogens is 278 g/mol. The van der Waals surface area contributed by atoms with Crippen molar-refractivity contribution in [2.24, 2.45) is 0 Å². The fourth-order valence-corrected chi connectivity index (χ4v) is 2.58. The summed E-state index contributed by atoms with van der Waals surface area (Å²) in [4.78, 5) is 34.8. The van der Waals surface area contributed by atoms with Crippen molar-refractivity contribution in [3.8, 4) is 0 Å². The number of thiazole rings is 1. The van der Waals surface area contributed by atoms with Gasteiger partial charge in [0.25, 0.3) is 0 Å². The summed E-state index contributed by atoms with van der Waals surface area (Å²) in [6.45, 7) is 0. The Labute approximate surface area is 117 Å². The van der Waals surface area contributed by atoms with E-state index >= 15 is 0 Å². The van der Waals surface area contributed by atoms with Crippen LogP contribution in [-0.2, 0) is 4.74 Å². The molecule has 3 rings (SSSR count). The number of carbonyl (C=O) groups excluding carboxylic acids is 2. The van der Waals surface area contributed by atoms with Crippen molar-refractivity contribution in [2.45, 2.75) is 0 Å². The highest BCUT2D eigenvalue weighted by Crippen LogP contribution is 2.21. The normalized spacial score (nSPS) is 10.7. The van der Waals surface area contributed by atoms with Crippen LogP contribution in [-0.4, -0.2) is 33.8 Å². The van der Waals surface area contributed by atoms with Gasteiger partial charge in [-0.2, -0.15) is 0 Å². The fourth-order valence-electron chi connectivity index (χ4n) is 1.84. The van der Waals surface area contributed by atoms with Crippen LogP contribution in [0.25, 0.3) is 11.0 Å². The number of hydrogen-bond donors (Lipinski definition) is 1. The maximum absolute atomic E-state index is 12.4. The molecule has 0 unspecified atom stereocenters. The molecule has 0 aliphatic heterocycles. The number of fused-ring (bicyclic) bond motifs is 1. The average Bonchev–Trinajstić information content (AvgIpc) is 3.12. The standard InChI is InChI=1S/C13H9N3O3S/c1-19-13(18)9-6-20-12(16-9)10(17)8-5-15-11-7(8)3-2-4-14-11/h2-6H,1H3,(H,14,15). The van der Waals surface area contributed by atoms with Gasteiger partial charge in [0.2, 0.25) is 5.78 Å². The number of carbonyl (C=O) groups is 2. The predicted octanol–water partition coefficient (Wildman–Crippen LogP) is 2.04. The first-order valence-corrected chi connectivity index (χ1v) is 6.59. The maximum Gasteiger partial charge on any atom is 0.357 e. The van der Waals surface area contributed by atoms with Gasteiger partial charge in [0.05, 0.1) is 12.7 Å². The molecule has 0 aromatic carbocycles. The second kappa shape index (κ2) is 4.86. The minimum absolute atomic E-state index is 0.138. The first-order chi connectivity index (χ1) is 9.70. The van der Waals surface area contributed by atoms with Crippen molar-refractivity contribution in [3.05, 3.63) is 46.2 Å². The van der Waals surface area contributed by atoms with Crippen molar-refractivity contribution in [1.29, 1.82) is 0 Å². The topological polar surface area (TPSA) is 84.9 Å². The van der Waals surface area contributed by atoms with Gasteiger partial charge in [-0.3, -0.25) is 4.79 Å². The summed E-state index contributed by atoms with van der Waals surface area (Å²) in [5.74, 6) is -0.801. The van der Waals surface area contributed by atoms with Gasteiger partial charge in [-0.05, 0) is 12.1 Å². The first-order valence-electron chi connectivity index (χ1n) is 5.71. The molecule has 7 heteroatoms. The summed E-state index contributed by atoms with van der Waals surface area (Å²) in [5, 5.41) is 2.48. The van der Waals surface area contributed by atoms with E-state index in [0.29, 0.717) is 11.2 Å². The van der Waals surface area contributed by atoms with Gasteiger partial charge in [0.15, 0.2) is 10.7 Å². The van der Waals surface area contributed by atoms with Crippen molar-refractivity contribution in [3.63, 3.8) is 0 Å². The smallest absolute Gasteiger partial charge is 0.357 e. The first kappa shape index (κ1) is 12.5. The van der Waals surface area contributed by atoms with E-state index in [-0.39, 0.29) is 16.5 Å². The van der Waals surface area contributed by atoms with E-state index in [1.165, 1.54) is 12.5 Å². The molecule has 0 bridgehead atoms. The summed E-state index contributed by atoms with van der Waals surface area (Å²) in [7, 11) is 1.27. The third-order valence-electron chi connectivity index (χ3n) is 2.79. The number of aromatic amines is 1. The van der Waals surface area contributed by atoms with Gasteiger partial charge >= 0.3 is 5.97 Å². The number of ketones is 1. The maximum atomic E-state index is 12.4. The summed E-state index contributed by atoms with van der Waals surface area (Å²) < 4.78 is 4.57. The van der Waals surface area contributed by atoms with Crippen LogP contribution in [0.5, 0.6) is 0 Å². The van der Waals surface area contributed by atoms with E-state index in [4.69, 9.17) is 0 Å². The van der Waals surface area contributed by atoms with Crippen molar-refractivity contribution < 1.29 is 14.3 Å². The van der Waals surface area contributed by atoms with Crippen LogP contribution >= 0.6 is 11.3 Å². The van der Waals surface area contributed by atoms with E-state index in [9.17, 15) is 9.59 Å². The van der Waals surface area contributed by atoms with E-state index in [1.54, 1.807) is 24.5 Å². The highest BCUT2D eigenvalue weighted by atomic mass is 32.1. The average molecular weight is 287 g/mol. The number of nitrogens with zero attached hydrogens (tertiary/aromatic N) is 2. The molecule has 0 fully saturated rings. The van der Waals surface area contributed by atoms with E-state index < -0.39 is 5.97 Å². The number of esters is 1. The Bertz CT molecular complexity index is 806. The summed E-state index contributed by atoms with van der Waals surface area (Å²) in [5.41, 5.74) is 1.26. The van der Waals surface area contributed by atoms with Crippen LogP contribution < -0.4 is 0 Å². The molecule has 6 nitrogen and oxygen atoms in total. The molecule has 0 saturated heterocycles. The largest absolute Gasteiger partial charge is 0.464 e. The lowest BCUT2D eigenvalue weighted by molar-refractivity contribution is 0.0595. The van der Waals surface area contributed by atoms with Gasteiger partial charge in [0, 0.05) is 23.2 Å². The number of methoxy groups -OCH3 is 1. The minimum atomic E-state index is -0.555. The zero-order chi connectivity index (χ0) is 14.1. The number of ether oxygens (including phenoxy) is 1.